The Bertz CT molecular complexity index is 1960. The lowest BCUT2D eigenvalue weighted by Crippen LogP contribution is -2.59. The molecule has 60 heavy (non-hydrogen) atoms. The summed E-state index contributed by atoms with van der Waals surface area (Å²) in [5.74, 6) is -3.77. The van der Waals surface area contributed by atoms with Gasteiger partial charge in [0.25, 0.3) is 5.96 Å². The van der Waals surface area contributed by atoms with Crippen LogP contribution in [0.5, 0.6) is 5.75 Å². The number of aromatic hydroxyl groups is 1. The predicted molar refractivity (Wildman–Crippen MR) is 224 cm³/mol. The van der Waals surface area contributed by atoms with Gasteiger partial charge in [-0.25, -0.2) is 14.9 Å². The minimum Gasteiger partial charge on any atom is -0.508 e. The van der Waals surface area contributed by atoms with Crippen molar-refractivity contribution in [3.05, 3.63) is 110 Å². The highest BCUT2D eigenvalue weighted by atomic mass is 35.5. The van der Waals surface area contributed by atoms with Crippen molar-refractivity contribution in [2.75, 3.05) is 13.1 Å². The zero-order valence-electron chi connectivity index (χ0n) is 33.4. The van der Waals surface area contributed by atoms with Gasteiger partial charge in [-0.1, -0.05) is 60.1 Å². The monoisotopic (exact) mass is 852 g/mol. The number of hydrazone groups is 1. The van der Waals surface area contributed by atoms with Gasteiger partial charge < -0.3 is 53.6 Å². The summed E-state index contributed by atoms with van der Waals surface area (Å²) < 4.78 is 5.25. The van der Waals surface area contributed by atoms with Crippen LogP contribution in [0, 0.1) is 24.0 Å². The summed E-state index contributed by atoms with van der Waals surface area (Å²) >= 11 is 6.14. The number of alkyl carbamates (subject to hydrolysis) is 1. The van der Waals surface area contributed by atoms with E-state index in [1.54, 1.807) is 68.4 Å². The third kappa shape index (κ3) is 16.4. The number of amides is 5. The van der Waals surface area contributed by atoms with Crippen LogP contribution in [-0.2, 0) is 43.4 Å². The van der Waals surface area contributed by atoms with Gasteiger partial charge in [0.05, 0.1) is 0 Å². The van der Waals surface area contributed by atoms with Crippen molar-refractivity contribution in [1.29, 1.82) is 0 Å². The number of phenolic OH excluding ortho intramolecular Hbond substituents is 1. The second-order valence-corrected chi connectivity index (χ2v) is 14.4. The van der Waals surface area contributed by atoms with E-state index in [9.17, 15) is 39.2 Å². The molecular weight excluding hydrogens is 800 g/mol. The Morgan fingerprint density at radius 3 is 1.98 bits per heavy atom. The van der Waals surface area contributed by atoms with Crippen molar-refractivity contribution in [1.82, 2.24) is 26.6 Å². The van der Waals surface area contributed by atoms with Crippen molar-refractivity contribution in [3.63, 3.8) is 0 Å². The standard InChI is InChI=1S/C40H53ClN10O9/c1-24-19-28(52)20-25(2)29(24)22-34(48-37(55)32(16-10-17-42)49-39(44)50-51(58)59)38(56)46-31(36(54)47-33(35(43)53)21-26-11-4-3-5-12-26)15-8-9-18-45-40(57)60-23-27-13-6-7-14-30(27)41/h3-7,11-14,19-20,31-34,52H,8-10,15-18,21-23,42H2,1-2H3,(H2,43,53)(H,45,57)(H,46,56)(H,47,54)(H,48,55)(H3,44,49,50)/t31-,32+,33-,34-/m0/s1. The fourth-order valence-electron chi connectivity index (χ4n) is 6.22. The molecule has 0 aliphatic rings. The molecule has 324 valence electrons. The number of guanidine groups is 1. The molecule has 0 aliphatic heterocycles. The van der Waals surface area contributed by atoms with Crippen molar-refractivity contribution in [2.45, 2.75) is 89.6 Å². The number of aryl methyl sites for hydroxylation is 2. The molecule has 0 fully saturated rings. The number of phenols is 1. The Hall–Kier alpha value is -6.47. The minimum absolute atomic E-state index is 0.00928. The van der Waals surface area contributed by atoms with Crippen LogP contribution in [-0.4, -0.2) is 83.1 Å². The summed E-state index contributed by atoms with van der Waals surface area (Å²) in [4.78, 5) is 77.8. The van der Waals surface area contributed by atoms with Gasteiger partial charge in [0.2, 0.25) is 23.6 Å². The molecule has 12 N–H and O–H groups in total. The molecule has 0 saturated heterocycles. The topological polar surface area (TPSA) is 309 Å². The number of nitrogens with one attached hydrogen (secondary N) is 5. The SMILES string of the molecule is Cc1cc(O)cc(C)c1C[C@H](NC(=O)[C@@H](CCCN)N/C(N)=N/[N+](=O)[O-])C(=O)N[C@@H](CCCCNC(=O)OCc1ccccc1Cl)C(=O)N[C@@H](Cc1ccccc1)C(N)=O. The van der Waals surface area contributed by atoms with Crippen molar-refractivity contribution < 1.29 is 38.8 Å². The van der Waals surface area contributed by atoms with Crippen LogP contribution < -0.4 is 43.8 Å². The molecule has 3 aromatic carbocycles. The molecule has 0 spiro atoms. The number of benzene rings is 3. The average molecular weight is 853 g/mol. The van der Waals surface area contributed by atoms with Crippen LogP contribution in [0.1, 0.15) is 59.9 Å². The van der Waals surface area contributed by atoms with Crippen molar-refractivity contribution in [2.24, 2.45) is 22.3 Å². The molecule has 3 aromatic rings. The van der Waals surface area contributed by atoms with E-state index < -0.39 is 64.9 Å². The van der Waals surface area contributed by atoms with E-state index >= 15 is 0 Å². The third-order valence-electron chi connectivity index (χ3n) is 9.33. The summed E-state index contributed by atoms with van der Waals surface area (Å²) in [6, 6.07) is 13.8. The number of rotatable bonds is 23. The van der Waals surface area contributed by atoms with Gasteiger partial charge in [-0.15, -0.1) is 0 Å². The predicted octanol–water partition coefficient (Wildman–Crippen LogP) is 1.69. The molecule has 19 nitrogen and oxygen atoms in total. The number of carbonyl (C=O) groups is 5. The van der Waals surface area contributed by atoms with E-state index in [0.29, 0.717) is 40.1 Å². The van der Waals surface area contributed by atoms with E-state index in [1.807, 2.05) is 0 Å². The Balaban J connectivity index is 1.86. The lowest BCUT2D eigenvalue weighted by molar-refractivity contribution is -0.485. The highest BCUT2D eigenvalue weighted by molar-refractivity contribution is 6.31. The fourth-order valence-corrected chi connectivity index (χ4v) is 6.41. The second kappa shape index (κ2) is 24.5. The van der Waals surface area contributed by atoms with Crippen LogP contribution in [0.2, 0.25) is 5.02 Å². The van der Waals surface area contributed by atoms with Crippen molar-refractivity contribution in [3.8, 4) is 5.75 Å². The van der Waals surface area contributed by atoms with Gasteiger partial charge in [-0.2, -0.15) is 0 Å². The number of nitro groups is 1. The normalized spacial score (nSPS) is 13.2. The molecule has 0 aromatic heterocycles. The van der Waals surface area contributed by atoms with Gasteiger partial charge in [-0.3, -0.25) is 19.2 Å². The fraction of sp³-hybridized carbons (Fsp3) is 0.400. The number of carbonyl (C=O) groups excluding carboxylic acids is 5. The maximum Gasteiger partial charge on any atom is 0.407 e. The molecule has 5 amide bonds. The summed E-state index contributed by atoms with van der Waals surface area (Å²) in [6.45, 7) is 3.70. The molecule has 0 bridgehead atoms. The molecular formula is C40H53ClN10O9. The maximum atomic E-state index is 14.3. The van der Waals surface area contributed by atoms with Gasteiger partial charge >= 0.3 is 6.09 Å². The van der Waals surface area contributed by atoms with E-state index in [0.717, 1.165) is 5.56 Å². The number of nitrogens with zero attached hydrogens (tertiary/aromatic N) is 2. The Labute approximate surface area is 352 Å². The van der Waals surface area contributed by atoms with Gasteiger partial charge in [-0.05, 0) is 92.9 Å². The zero-order valence-corrected chi connectivity index (χ0v) is 34.2. The number of primary amides is 1. The van der Waals surface area contributed by atoms with E-state index in [4.69, 9.17) is 33.5 Å². The first-order valence-electron chi connectivity index (χ1n) is 19.2. The molecule has 0 aliphatic carbocycles. The first-order chi connectivity index (χ1) is 28.6. The molecule has 20 heteroatoms. The maximum absolute atomic E-state index is 14.3. The number of hydrogen-bond donors (Lipinski definition) is 9. The van der Waals surface area contributed by atoms with Crippen LogP contribution in [0.25, 0.3) is 0 Å². The summed E-state index contributed by atoms with van der Waals surface area (Å²) in [6.07, 6.45) is 0.289. The van der Waals surface area contributed by atoms with E-state index in [1.165, 1.54) is 12.1 Å². The van der Waals surface area contributed by atoms with Crippen LogP contribution >= 0.6 is 11.6 Å². The molecule has 0 unspecified atom stereocenters. The van der Waals surface area contributed by atoms with Gasteiger partial charge in [0.15, 0.2) is 5.03 Å². The quantitative estimate of drug-likeness (QED) is 0.0217. The number of ether oxygens (including phenoxy) is 1. The summed E-state index contributed by atoms with van der Waals surface area (Å²) in [5.41, 5.74) is 20.2. The van der Waals surface area contributed by atoms with Crippen LogP contribution in [0.15, 0.2) is 71.8 Å². The summed E-state index contributed by atoms with van der Waals surface area (Å²) in [5, 5.41) is 36.7. The highest BCUT2D eigenvalue weighted by Gasteiger charge is 2.32. The Kier molecular flexibility index (Phi) is 19.5. The Morgan fingerprint density at radius 1 is 0.800 bits per heavy atom. The van der Waals surface area contributed by atoms with E-state index in [-0.39, 0.29) is 57.6 Å². The molecule has 0 heterocycles. The molecule has 4 atom stereocenters. The van der Waals surface area contributed by atoms with Crippen LogP contribution in [0.3, 0.4) is 0 Å². The lowest BCUT2D eigenvalue weighted by Gasteiger charge is -2.27. The van der Waals surface area contributed by atoms with Crippen molar-refractivity contribution >= 4 is 47.3 Å². The van der Waals surface area contributed by atoms with Gasteiger partial charge in [0.1, 0.15) is 41.6 Å². The lowest BCUT2D eigenvalue weighted by atomic mass is 9.95. The molecule has 0 saturated carbocycles. The average Bonchev–Trinajstić information content (AvgIpc) is 3.18. The highest BCUT2D eigenvalue weighted by Crippen LogP contribution is 2.23. The largest absolute Gasteiger partial charge is 0.508 e. The Morgan fingerprint density at radius 2 is 1.37 bits per heavy atom. The number of nitrogens with two attached hydrogens (primary N) is 3. The number of halogens is 1. The second-order valence-electron chi connectivity index (χ2n) is 14.0. The zero-order chi connectivity index (χ0) is 44.2. The third-order valence-corrected chi connectivity index (χ3v) is 9.70. The van der Waals surface area contributed by atoms with Gasteiger partial charge in [0, 0.05) is 30.0 Å². The first kappa shape index (κ1) is 47.9. The minimum atomic E-state index is -1.35. The number of unbranched alkanes of at least 4 members (excludes halogenated alkanes) is 1. The first-order valence-corrected chi connectivity index (χ1v) is 19.6. The molecule has 3 rings (SSSR count). The van der Waals surface area contributed by atoms with Crippen LogP contribution in [0.4, 0.5) is 4.79 Å². The number of hydrogen-bond acceptors (Lipinski definition) is 10. The molecule has 0 radical (unpaired) electrons. The smallest absolute Gasteiger partial charge is 0.407 e. The summed E-state index contributed by atoms with van der Waals surface area (Å²) in [7, 11) is 0. The van der Waals surface area contributed by atoms with E-state index in [2.05, 4.69) is 31.7 Å².